The summed E-state index contributed by atoms with van der Waals surface area (Å²) in [6, 6.07) is 18.5. The summed E-state index contributed by atoms with van der Waals surface area (Å²) >= 11 is 4.96. The van der Waals surface area contributed by atoms with Crippen LogP contribution in [0.3, 0.4) is 0 Å². The number of hydrogen-bond acceptors (Lipinski definition) is 5. The SMILES string of the molecule is O=C(C=Cc1ccco1)NC(=S)NNC(=O)c1ccc(NC(=O)c2ccccc2)cc1. The predicted octanol–water partition coefficient (Wildman–Crippen LogP) is 2.88. The molecule has 0 saturated carbocycles. The summed E-state index contributed by atoms with van der Waals surface area (Å²) in [6.07, 6.45) is 4.22. The van der Waals surface area contributed by atoms with Crippen molar-refractivity contribution in [2.24, 2.45) is 0 Å². The van der Waals surface area contributed by atoms with E-state index in [1.807, 2.05) is 6.07 Å². The minimum atomic E-state index is -0.485. The van der Waals surface area contributed by atoms with Crippen molar-refractivity contribution < 1.29 is 18.8 Å². The first-order chi connectivity index (χ1) is 15.0. The number of amides is 3. The highest BCUT2D eigenvalue weighted by Crippen LogP contribution is 2.11. The van der Waals surface area contributed by atoms with Crippen LogP contribution < -0.4 is 21.5 Å². The van der Waals surface area contributed by atoms with Gasteiger partial charge in [-0.05, 0) is 66.8 Å². The molecular weight excluding hydrogens is 416 g/mol. The molecule has 3 amide bonds. The second-order valence-corrected chi connectivity index (χ2v) is 6.55. The van der Waals surface area contributed by atoms with Crippen LogP contribution in [0.15, 0.2) is 83.5 Å². The highest BCUT2D eigenvalue weighted by atomic mass is 32.1. The van der Waals surface area contributed by atoms with Crippen molar-refractivity contribution in [2.75, 3.05) is 5.32 Å². The molecule has 0 aliphatic heterocycles. The lowest BCUT2D eigenvalue weighted by Crippen LogP contribution is -2.48. The van der Waals surface area contributed by atoms with Gasteiger partial charge in [0.1, 0.15) is 5.76 Å². The fraction of sp³-hybridized carbons (Fsp3) is 0. The van der Waals surface area contributed by atoms with Crippen molar-refractivity contribution in [3.63, 3.8) is 0 Å². The first kappa shape index (κ1) is 21.5. The van der Waals surface area contributed by atoms with Crippen LogP contribution in [0.1, 0.15) is 26.5 Å². The molecule has 0 atom stereocenters. The van der Waals surface area contributed by atoms with Crippen molar-refractivity contribution >= 4 is 46.8 Å². The molecule has 1 heterocycles. The first-order valence-corrected chi connectivity index (χ1v) is 9.51. The van der Waals surface area contributed by atoms with Gasteiger partial charge in [0.15, 0.2) is 5.11 Å². The highest BCUT2D eigenvalue weighted by molar-refractivity contribution is 7.80. The number of anilines is 1. The van der Waals surface area contributed by atoms with Crippen molar-refractivity contribution in [3.05, 3.63) is 96.0 Å². The maximum Gasteiger partial charge on any atom is 0.269 e. The Labute approximate surface area is 183 Å². The number of hydrazine groups is 1. The van der Waals surface area contributed by atoms with Gasteiger partial charge >= 0.3 is 0 Å². The van der Waals surface area contributed by atoms with E-state index < -0.39 is 11.8 Å². The molecule has 156 valence electrons. The topological polar surface area (TPSA) is 112 Å². The third-order valence-electron chi connectivity index (χ3n) is 3.91. The monoisotopic (exact) mass is 434 g/mol. The Morgan fingerprint density at radius 3 is 2.19 bits per heavy atom. The molecule has 1 aromatic heterocycles. The van der Waals surface area contributed by atoms with Gasteiger partial charge in [0.25, 0.3) is 11.8 Å². The van der Waals surface area contributed by atoms with Gasteiger partial charge in [0, 0.05) is 22.9 Å². The van der Waals surface area contributed by atoms with Gasteiger partial charge in [-0.3, -0.25) is 30.6 Å². The van der Waals surface area contributed by atoms with Crippen LogP contribution in [-0.2, 0) is 4.79 Å². The van der Waals surface area contributed by atoms with E-state index >= 15 is 0 Å². The van der Waals surface area contributed by atoms with Gasteiger partial charge < -0.3 is 9.73 Å². The number of benzene rings is 2. The molecule has 3 aromatic rings. The molecule has 0 saturated heterocycles. The maximum absolute atomic E-state index is 12.2. The largest absolute Gasteiger partial charge is 0.465 e. The zero-order valence-electron chi connectivity index (χ0n) is 16.1. The zero-order chi connectivity index (χ0) is 22.1. The van der Waals surface area contributed by atoms with E-state index in [-0.39, 0.29) is 11.0 Å². The molecule has 8 nitrogen and oxygen atoms in total. The molecule has 4 N–H and O–H groups in total. The minimum Gasteiger partial charge on any atom is -0.465 e. The fourth-order valence-corrected chi connectivity index (χ4v) is 2.56. The van der Waals surface area contributed by atoms with Crippen LogP contribution in [0.5, 0.6) is 0 Å². The normalized spacial score (nSPS) is 10.3. The van der Waals surface area contributed by atoms with Crippen molar-refractivity contribution in [1.29, 1.82) is 0 Å². The highest BCUT2D eigenvalue weighted by Gasteiger charge is 2.09. The van der Waals surface area contributed by atoms with Crippen molar-refractivity contribution in [3.8, 4) is 0 Å². The smallest absolute Gasteiger partial charge is 0.269 e. The molecule has 0 bridgehead atoms. The summed E-state index contributed by atoms with van der Waals surface area (Å²) in [7, 11) is 0. The average Bonchev–Trinajstić information content (AvgIpc) is 3.31. The van der Waals surface area contributed by atoms with Crippen LogP contribution in [0, 0.1) is 0 Å². The van der Waals surface area contributed by atoms with Crippen LogP contribution >= 0.6 is 12.2 Å². The Kier molecular flexibility index (Phi) is 7.28. The molecule has 31 heavy (non-hydrogen) atoms. The third-order valence-corrected chi connectivity index (χ3v) is 4.11. The molecule has 0 spiro atoms. The van der Waals surface area contributed by atoms with Gasteiger partial charge in [-0.15, -0.1) is 0 Å². The molecule has 0 unspecified atom stereocenters. The molecule has 2 aromatic carbocycles. The number of nitrogens with one attached hydrogen (secondary N) is 4. The average molecular weight is 434 g/mol. The standard InChI is InChI=1S/C22H18N4O4S/c27-19(13-12-18-7-4-14-30-18)24-22(31)26-25-21(29)16-8-10-17(11-9-16)23-20(28)15-5-2-1-3-6-15/h1-14H,(H,23,28)(H,25,29)(H2,24,26,27,31). The number of carbonyl (C=O) groups is 3. The fourth-order valence-electron chi connectivity index (χ4n) is 2.41. The van der Waals surface area contributed by atoms with Crippen LogP contribution in [0.4, 0.5) is 5.69 Å². The van der Waals surface area contributed by atoms with Gasteiger partial charge in [-0.2, -0.15) is 0 Å². The van der Waals surface area contributed by atoms with E-state index in [4.69, 9.17) is 16.6 Å². The Hall–Kier alpha value is -4.24. The van der Waals surface area contributed by atoms with Gasteiger partial charge in [-0.25, -0.2) is 0 Å². The lowest BCUT2D eigenvalue weighted by atomic mass is 10.2. The van der Waals surface area contributed by atoms with Crippen molar-refractivity contribution in [1.82, 2.24) is 16.2 Å². The second kappa shape index (κ2) is 10.5. The quantitative estimate of drug-likeness (QED) is 0.279. The van der Waals surface area contributed by atoms with E-state index in [2.05, 4.69) is 21.5 Å². The van der Waals surface area contributed by atoms with E-state index in [1.54, 1.807) is 60.7 Å². The van der Waals surface area contributed by atoms with Gasteiger partial charge in [-0.1, -0.05) is 18.2 Å². The third kappa shape index (κ3) is 6.65. The number of hydrogen-bond donors (Lipinski definition) is 4. The Bertz CT molecular complexity index is 1090. The van der Waals surface area contributed by atoms with Crippen molar-refractivity contribution in [2.45, 2.75) is 0 Å². The second-order valence-electron chi connectivity index (χ2n) is 6.14. The summed E-state index contributed by atoms with van der Waals surface area (Å²) in [5.41, 5.74) is 6.24. The van der Waals surface area contributed by atoms with Crippen LogP contribution in [-0.4, -0.2) is 22.8 Å². The van der Waals surface area contributed by atoms with Crippen LogP contribution in [0.25, 0.3) is 6.08 Å². The Morgan fingerprint density at radius 2 is 1.52 bits per heavy atom. The predicted molar refractivity (Wildman–Crippen MR) is 120 cm³/mol. The van der Waals surface area contributed by atoms with Crippen LogP contribution in [0.2, 0.25) is 0 Å². The van der Waals surface area contributed by atoms with E-state index in [0.29, 0.717) is 22.6 Å². The lowest BCUT2D eigenvalue weighted by Gasteiger charge is -2.10. The molecule has 0 aliphatic rings. The Balaban J connectivity index is 1.45. The summed E-state index contributed by atoms with van der Waals surface area (Å²) in [5, 5.41) is 5.06. The molecule has 0 fully saturated rings. The summed E-state index contributed by atoms with van der Waals surface area (Å²) in [5.74, 6) is -0.683. The summed E-state index contributed by atoms with van der Waals surface area (Å²) < 4.78 is 5.07. The summed E-state index contributed by atoms with van der Waals surface area (Å²) in [6.45, 7) is 0. The summed E-state index contributed by atoms with van der Waals surface area (Å²) in [4.78, 5) is 36.1. The lowest BCUT2D eigenvalue weighted by molar-refractivity contribution is -0.115. The first-order valence-electron chi connectivity index (χ1n) is 9.10. The molecular formula is C22H18N4O4S. The number of carbonyl (C=O) groups excluding carboxylic acids is 3. The number of furan rings is 1. The van der Waals surface area contributed by atoms with Gasteiger partial charge in [0.2, 0.25) is 5.91 Å². The number of thiocarbonyl (C=S) groups is 1. The number of rotatable bonds is 5. The molecule has 0 aliphatic carbocycles. The molecule has 3 rings (SSSR count). The Morgan fingerprint density at radius 1 is 0.806 bits per heavy atom. The maximum atomic E-state index is 12.2. The van der Waals surface area contributed by atoms with E-state index in [0.717, 1.165) is 0 Å². The van der Waals surface area contributed by atoms with Gasteiger partial charge in [0.05, 0.1) is 6.26 Å². The minimum absolute atomic E-state index is 0.0748. The molecule has 9 heteroatoms. The van der Waals surface area contributed by atoms with E-state index in [1.165, 1.54) is 18.4 Å². The zero-order valence-corrected chi connectivity index (χ0v) is 16.9. The van der Waals surface area contributed by atoms with E-state index in [9.17, 15) is 14.4 Å². The molecule has 0 radical (unpaired) electrons.